The SMILES string of the molecule is CSc1ccc2cc(C(C)C(OC(C)=O)OC(C)=O)ccc2c1. The summed E-state index contributed by atoms with van der Waals surface area (Å²) in [6.07, 6.45) is 1.12. The zero-order valence-corrected chi connectivity index (χ0v) is 14.5. The van der Waals surface area contributed by atoms with Crippen LogP contribution >= 0.6 is 11.8 Å². The lowest BCUT2D eigenvalue weighted by Crippen LogP contribution is -2.27. The number of carbonyl (C=O) groups is 2. The lowest BCUT2D eigenvalue weighted by Gasteiger charge is -2.23. The molecule has 0 bridgehead atoms. The van der Waals surface area contributed by atoms with Crippen molar-refractivity contribution in [2.24, 2.45) is 0 Å². The van der Waals surface area contributed by atoms with Gasteiger partial charge >= 0.3 is 11.9 Å². The maximum Gasteiger partial charge on any atom is 0.305 e. The summed E-state index contributed by atoms with van der Waals surface area (Å²) in [5.41, 5.74) is 0.946. The molecule has 5 heteroatoms. The van der Waals surface area contributed by atoms with Gasteiger partial charge in [-0.1, -0.05) is 31.2 Å². The van der Waals surface area contributed by atoms with Gasteiger partial charge in [-0.3, -0.25) is 9.59 Å². The Balaban J connectivity index is 2.32. The van der Waals surface area contributed by atoms with Crippen LogP contribution < -0.4 is 0 Å². The second-order valence-corrected chi connectivity index (χ2v) is 6.23. The van der Waals surface area contributed by atoms with Crippen LogP contribution in [0.3, 0.4) is 0 Å². The van der Waals surface area contributed by atoms with Crippen molar-refractivity contribution in [2.45, 2.75) is 37.9 Å². The van der Waals surface area contributed by atoms with Crippen LogP contribution in [0.4, 0.5) is 0 Å². The molecule has 2 aromatic carbocycles. The molecule has 2 aromatic rings. The van der Waals surface area contributed by atoms with Gasteiger partial charge in [0.05, 0.1) is 5.92 Å². The highest BCUT2D eigenvalue weighted by Gasteiger charge is 2.25. The molecule has 0 aromatic heterocycles. The molecule has 0 N–H and O–H groups in total. The van der Waals surface area contributed by atoms with Crippen molar-refractivity contribution in [1.82, 2.24) is 0 Å². The first-order valence-corrected chi connectivity index (χ1v) is 8.55. The number of hydrogen-bond donors (Lipinski definition) is 0. The third-order valence-corrected chi connectivity index (χ3v) is 4.30. The van der Waals surface area contributed by atoms with Crippen molar-refractivity contribution < 1.29 is 19.1 Å². The van der Waals surface area contributed by atoms with E-state index in [0.717, 1.165) is 16.3 Å². The predicted octanol–water partition coefficient (Wildman–Crippen LogP) is 4.12. The van der Waals surface area contributed by atoms with E-state index >= 15 is 0 Å². The van der Waals surface area contributed by atoms with Crippen molar-refractivity contribution in [3.8, 4) is 0 Å². The van der Waals surface area contributed by atoms with E-state index in [0.29, 0.717) is 0 Å². The van der Waals surface area contributed by atoms with Crippen LogP contribution in [0.15, 0.2) is 41.3 Å². The first kappa shape index (κ1) is 17.3. The Morgan fingerprint density at radius 1 is 0.957 bits per heavy atom. The lowest BCUT2D eigenvalue weighted by atomic mass is 9.97. The summed E-state index contributed by atoms with van der Waals surface area (Å²) in [5.74, 6) is -1.21. The normalized spacial score (nSPS) is 12.2. The van der Waals surface area contributed by atoms with Gasteiger partial charge in [0.25, 0.3) is 6.29 Å². The monoisotopic (exact) mass is 332 g/mol. The smallest absolute Gasteiger partial charge is 0.305 e. The van der Waals surface area contributed by atoms with Crippen LogP contribution in [0.2, 0.25) is 0 Å². The Morgan fingerprint density at radius 2 is 1.52 bits per heavy atom. The molecule has 0 saturated heterocycles. The van der Waals surface area contributed by atoms with E-state index in [1.165, 1.54) is 18.7 Å². The van der Waals surface area contributed by atoms with Crippen molar-refractivity contribution in [3.05, 3.63) is 42.0 Å². The molecule has 4 nitrogen and oxygen atoms in total. The zero-order chi connectivity index (χ0) is 17.0. The highest BCUT2D eigenvalue weighted by atomic mass is 32.2. The van der Waals surface area contributed by atoms with Gasteiger partial charge in [-0.2, -0.15) is 0 Å². The van der Waals surface area contributed by atoms with Crippen molar-refractivity contribution >= 4 is 34.5 Å². The summed E-state index contributed by atoms with van der Waals surface area (Å²) in [7, 11) is 0. The maximum absolute atomic E-state index is 11.2. The van der Waals surface area contributed by atoms with Crippen LogP contribution in [0.5, 0.6) is 0 Å². The van der Waals surface area contributed by atoms with Crippen molar-refractivity contribution in [2.75, 3.05) is 6.26 Å². The van der Waals surface area contributed by atoms with Gasteiger partial charge in [-0.05, 0) is 34.7 Å². The van der Waals surface area contributed by atoms with Gasteiger partial charge in [0.1, 0.15) is 0 Å². The molecule has 0 amide bonds. The molecule has 0 radical (unpaired) electrons. The van der Waals surface area contributed by atoms with Gasteiger partial charge in [0, 0.05) is 18.7 Å². The molecular weight excluding hydrogens is 312 g/mol. The number of thioether (sulfide) groups is 1. The zero-order valence-electron chi connectivity index (χ0n) is 13.7. The summed E-state index contributed by atoms with van der Waals surface area (Å²) in [5, 5.41) is 2.24. The summed E-state index contributed by atoms with van der Waals surface area (Å²) >= 11 is 1.70. The summed E-state index contributed by atoms with van der Waals surface area (Å²) in [4.78, 5) is 23.7. The Morgan fingerprint density at radius 3 is 2.09 bits per heavy atom. The number of ether oxygens (including phenoxy) is 2. The van der Waals surface area contributed by atoms with E-state index in [-0.39, 0.29) is 5.92 Å². The number of carbonyl (C=O) groups excluding carboxylic acids is 2. The highest BCUT2D eigenvalue weighted by Crippen LogP contribution is 2.28. The third-order valence-electron chi connectivity index (χ3n) is 3.57. The van der Waals surface area contributed by atoms with E-state index in [1.807, 2.05) is 31.4 Å². The van der Waals surface area contributed by atoms with Crippen LogP contribution in [0.25, 0.3) is 10.8 Å². The molecule has 122 valence electrons. The van der Waals surface area contributed by atoms with E-state index in [9.17, 15) is 9.59 Å². The van der Waals surface area contributed by atoms with Crippen LogP contribution in [-0.2, 0) is 19.1 Å². The number of esters is 2. The Kier molecular flexibility index (Phi) is 5.66. The maximum atomic E-state index is 11.2. The molecule has 0 aliphatic carbocycles. The van der Waals surface area contributed by atoms with Crippen molar-refractivity contribution in [3.63, 3.8) is 0 Å². The number of fused-ring (bicyclic) bond motifs is 1. The quantitative estimate of drug-likeness (QED) is 0.468. The first-order valence-electron chi connectivity index (χ1n) is 7.33. The molecule has 1 atom stereocenters. The second-order valence-electron chi connectivity index (χ2n) is 5.35. The molecule has 0 aliphatic heterocycles. The Bertz CT molecular complexity index is 710. The molecule has 0 fully saturated rings. The van der Waals surface area contributed by atoms with Gasteiger partial charge in [0.15, 0.2) is 0 Å². The van der Waals surface area contributed by atoms with E-state index in [2.05, 4.69) is 18.2 Å². The third kappa shape index (κ3) is 4.48. The average Bonchev–Trinajstić information content (AvgIpc) is 2.51. The fourth-order valence-corrected chi connectivity index (χ4v) is 2.81. The molecule has 0 heterocycles. The van der Waals surface area contributed by atoms with Crippen LogP contribution in [0.1, 0.15) is 32.3 Å². The van der Waals surface area contributed by atoms with Gasteiger partial charge in [-0.25, -0.2) is 0 Å². The summed E-state index contributed by atoms with van der Waals surface area (Å²) in [6, 6.07) is 12.3. The van der Waals surface area contributed by atoms with Crippen LogP contribution in [-0.4, -0.2) is 24.5 Å². The molecule has 23 heavy (non-hydrogen) atoms. The first-order chi connectivity index (χ1) is 10.9. The van der Waals surface area contributed by atoms with Crippen molar-refractivity contribution in [1.29, 1.82) is 0 Å². The topological polar surface area (TPSA) is 52.6 Å². The standard InChI is InChI=1S/C18H20O4S/c1-11(18(21-12(2)19)22-13(3)20)14-5-6-16-10-17(23-4)8-7-15(16)9-14/h5-11,18H,1-4H3. The number of hydrogen-bond acceptors (Lipinski definition) is 5. The Labute approximate surface area is 140 Å². The Hall–Kier alpha value is -2.01. The van der Waals surface area contributed by atoms with Gasteiger partial charge in [-0.15, -0.1) is 11.8 Å². The predicted molar refractivity (Wildman–Crippen MR) is 91.5 cm³/mol. The van der Waals surface area contributed by atoms with E-state index < -0.39 is 18.2 Å². The minimum absolute atomic E-state index is 0.257. The molecule has 2 rings (SSSR count). The summed E-state index contributed by atoms with van der Waals surface area (Å²) in [6.45, 7) is 4.47. The second kappa shape index (κ2) is 7.51. The minimum Gasteiger partial charge on any atom is -0.425 e. The summed E-state index contributed by atoms with van der Waals surface area (Å²) < 4.78 is 10.3. The largest absolute Gasteiger partial charge is 0.425 e. The van der Waals surface area contributed by atoms with E-state index in [1.54, 1.807) is 11.8 Å². The highest BCUT2D eigenvalue weighted by molar-refractivity contribution is 7.98. The molecule has 0 spiro atoms. The average molecular weight is 332 g/mol. The molecule has 1 unspecified atom stereocenters. The van der Waals surface area contributed by atoms with Gasteiger partial charge < -0.3 is 9.47 Å². The van der Waals surface area contributed by atoms with Gasteiger partial charge in [0.2, 0.25) is 0 Å². The fraction of sp³-hybridized carbons (Fsp3) is 0.333. The number of benzene rings is 2. The fourth-order valence-electron chi connectivity index (χ4n) is 2.36. The molecular formula is C18H20O4S. The minimum atomic E-state index is -0.923. The lowest BCUT2D eigenvalue weighted by molar-refractivity contribution is -0.188. The van der Waals surface area contributed by atoms with Crippen LogP contribution in [0, 0.1) is 0 Å². The molecule has 0 aliphatic rings. The number of rotatable bonds is 5. The molecule has 0 saturated carbocycles. The van der Waals surface area contributed by atoms with E-state index in [4.69, 9.17) is 9.47 Å².